The Morgan fingerprint density at radius 2 is 1.90 bits per heavy atom. The largest absolute Gasteiger partial charge is 0.342 e. The van der Waals surface area contributed by atoms with Gasteiger partial charge in [-0.3, -0.25) is 14.5 Å². The first kappa shape index (κ1) is 20.4. The van der Waals surface area contributed by atoms with Gasteiger partial charge in [0.15, 0.2) is 0 Å². The first-order valence-electron chi connectivity index (χ1n) is 11.4. The molecule has 6 nitrogen and oxygen atoms in total. The molecule has 3 aliphatic rings. The maximum absolute atomic E-state index is 13.1. The molecule has 0 spiro atoms. The van der Waals surface area contributed by atoms with Crippen molar-refractivity contribution in [3.05, 3.63) is 63.1 Å². The second-order valence-electron chi connectivity index (χ2n) is 9.16. The highest BCUT2D eigenvalue weighted by Gasteiger charge is 2.32. The lowest BCUT2D eigenvalue weighted by atomic mass is 10.0. The van der Waals surface area contributed by atoms with E-state index in [0.29, 0.717) is 25.7 Å². The lowest BCUT2D eigenvalue weighted by Gasteiger charge is -2.32. The van der Waals surface area contributed by atoms with Gasteiger partial charge >= 0.3 is 0 Å². The summed E-state index contributed by atoms with van der Waals surface area (Å²) in [5, 5.41) is 0. The van der Waals surface area contributed by atoms with E-state index in [4.69, 9.17) is 4.98 Å². The number of benzene rings is 1. The van der Waals surface area contributed by atoms with Crippen LogP contribution in [0, 0.1) is 5.82 Å². The van der Waals surface area contributed by atoms with Gasteiger partial charge in [0.2, 0.25) is 5.91 Å². The number of H-pyrrole nitrogens is 1. The molecule has 1 unspecified atom stereocenters. The normalized spacial score (nSPS) is 22.1. The van der Waals surface area contributed by atoms with Gasteiger partial charge in [0.25, 0.3) is 5.56 Å². The van der Waals surface area contributed by atoms with E-state index in [0.717, 1.165) is 42.0 Å². The summed E-state index contributed by atoms with van der Waals surface area (Å²) in [7, 11) is 0. The topological polar surface area (TPSA) is 69.3 Å². The second-order valence-corrected chi connectivity index (χ2v) is 9.16. The Morgan fingerprint density at radius 3 is 2.68 bits per heavy atom. The lowest BCUT2D eigenvalue weighted by Crippen LogP contribution is -2.41. The summed E-state index contributed by atoms with van der Waals surface area (Å²) >= 11 is 0. The van der Waals surface area contributed by atoms with Crippen LogP contribution in [0.1, 0.15) is 60.7 Å². The van der Waals surface area contributed by atoms with Crippen molar-refractivity contribution in [1.82, 2.24) is 19.8 Å². The molecule has 7 heteroatoms. The fourth-order valence-electron chi connectivity index (χ4n) is 5.34. The van der Waals surface area contributed by atoms with Crippen molar-refractivity contribution in [1.29, 1.82) is 0 Å². The molecule has 5 rings (SSSR count). The molecular weight excluding hydrogens is 395 g/mol. The third-order valence-corrected chi connectivity index (χ3v) is 7.15. The number of halogens is 1. The van der Waals surface area contributed by atoms with E-state index in [1.165, 1.54) is 37.8 Å². The number of fused-ring (bicyclic) bond motifs is 1. The van der Waals surface area contributed by atoms with Gasteiger partial charge in [-0.25, -0.2) is 9.37 Å². The molecule has 2 fully saturated rings. The predicted molar refractivity (Wildman–Crippen MR) is 115 cm³/mol. The third kappa shape index (κ3) is 4.28. The number of rotatable bonds is 4. The Balaban J connectivity index is 1.25. The summed E-state index contributed by atoms with van der Waals surface area (Å²) in [6, 6.07) is 6.68. The fourth-order valence-corrected chi connectivity index (χ4v) is 5.34. The number of carbonyl (C=O) groups is 1. The smallest absolute Gasteiger partial charge is 0.255 e. The van der Waals surface area contributed by atoms with Gasteiger partial charge in [0.05, 0.1) is 17.7 Å². The number of nitrogens with zero attached hydrogens (tertiary/aromatic N) is 3. The van der Waals surface area contributed by atoms with Crippen molar-refractivity contribution in [2.24, 2.45) is 0 Å². The molecule has 2 aliphatic heterocycles. The lowest BCUT2D eigenvalue weighted by molar-refractivity contribution is -0.129. The van der Waals surface area contributed by atoms with Crippen molar-refractivity contribution in [2.75, 3.05) is 19.6 Å². The molecule has 0 radical (unpaired) electrons. The Bertz CT molecular complexity index is 1010. The standard InChI is InChI=1S/C24H29FN4O2/c25-18-7-5-16(6-8-18)13-22(30)29-11-9-17(14-29)23-26-21-10-12-28(19-3-1-2-4-19)15-20(21)24(31)27-23/h5-8,17,19H,1-4,9-15H2,(H,26,27,31). The molecular formula is C24H29FN4O2. The van der Waals surface area contributed by atoms with Crippen LogP contribution in [0.4, 0.5) is 4.39 Å². The molecule has 1 aromatic carbocycles. The monoisotopic (exact) mass is 424 g/mol. The zero-order chi connectivity index (χ0) is 21.4. The molecule has 1 N–H and O–H groups in total. The Labute approximate surface area is 181 Å². The van der Waals surface area contributed by atoms with Gasteiger partial charge in [-0.2, -0.15) is 0 Å². The molecule has 1 saturated carbocycles. The third-order valence-electron chi connectivity index (χ3n) is 7.15. The van der Waals surface area contributed by atoms with Crippen molar-refractivity contribution in [3.8, 4) is 0 Å². The van der Waals surface area contributed by atoms with Crippen LogP contribution in [0.2, 0.25) is 0 Å². The van der Waals surface area contributed by atoms with E-state index in [1.807, 2.05) is 4.90 Å². The highest BCUT2D eigenvalue weighted by atomic mass is 19.1. The summed E-state index contributed by atoms with van der Waals surface area (Å²) in [6.45, 7) is 2.90. The van der Waals surface area contributed by atoms with Crippen molar-refractivity contribution in [2.45, 2.75) is 63.5 Å². The van der Waals surface area contributed by atoms with Crippen LogP contribution >= 0.6 is 0 Å². The number of likely N-dealkylation sites (tertiary alicyclic amines) is 1. The van der Waals surface area contributed by atoms with Crippen LogP contribution in [0.15, 0.2) is 29.1 Å². The van der Waals surface area contributed by atoms with E-state index >= 15 is 0 Å². The second kappa shape index (κ2) is 8.54. The maximum atomic E-state index is 13.1. The number of aromatic nitrogens is 2. The van der Waals surface area contributed by atoms with Gasteiger partial charge in [0, 0.05) is 44.6 Å². The van der Waals surface area contributed by atoms with E-state index < -0.39 is 0 Å². The minimum Gasteiger partial charge on any atom is -0.342 e. The molecule has 3 heterocycles. The minimum atomic E-state index is -0.300. The summed E-state index contributed by atoms with van der Waals surface area (Å²) < 4.78 is 13.1. The number of carbonyl (C=O) groups excluding carboxylic acids is 1. The van der Waals surface area contributed by atoms with E-state index in [1.54, 1.807) is 12.1 Å². The molecule has 1 saturated heterocycles. The fraction of sp³-hybridized carbons (Fsp3) is 0.542. The molecule has 1 aromatic heterocycles. The summed E-state index contributed by atoms with van der Waals surface area (Å²) in [5.41, 5.74) is 2.55. The Hall–Kier alpha value is -2.54. The summed E-state index contributed by atoms with van der Waals surface area (Å²) in [5.74, 6) is 0.506. The van der Waals surface area contributed by atoms with Crippen LogP contribution in [0.3, 0.4) is 0 Å². The molecule has 2 aromatic rings. The number of hydrogen-bond acceptors (Lipinski definition) is 4. The SMILES string of the molecule is O=C(Cc1ccc(F)cc1)N1CCC(c2nc3c(c(=O)[nH]2)CN(C2CCCC2)CC3)C1. The van der Waals surface area contributed by atoms with E-state index in [-0.39, 0.29) is 29.6 Å². The quantitative estimate of drug-likeness (QED) is 0.820. The summed E-state index contributed by atoms with van der Waals surface area (Å²) in [6.07, 6.45) is 6.94. The van der Waals surface area contributed by atoms with Crippen LogP contribution in [-0.2, 0) is 24.2 Å². The zero-order valence-electron chi connectivity index (χ0n) is 17.8. The van der Waals surface area contributed by atoms with Crippen molar-refractivity contribution < 1.29 is 9.18 Å². The minimum absolute atomic E-state index is 0.0150. The average Bonchev–Trinajstić information content (AvgIpc) is 3.48. The highest BCUT2D eigenvalue weighted by molar-refractivity contribution is 5.79. The van der Waals surface area contributed by atoms with Crippen LogP contribution in [-0.4, -0.2) is 51.4 Å². The van der Waals surface area contributed by atoms with Gasteiger partial charge in [-0.1, -0.05) is 25.0 Å². The van der Waals surface area contributed by atoms with Gasteiger partial charge in [-0.15, -0.1) is 0 Å². The predicted octanol–water partition coefficient (Wildman–Crippen LogP) is 2.77. The van der Waals surface area contributed by atoms with Crippen LogP contribution < -0.4 is 5.56 Å². The first-order valence-corrected chi connectivity index (χ1v) is 11.4. The molecule has 0 bridgehead atoms. The number of nitrogens with one attached hydrogen (secondary N) is 1. The Morgan fingerprint density at radius 1 is 1.13 bits per heavy atom. The van der Waals surface area contributed by atoms with Crippen LogP contribution in [0.25, 0.3) is 0 Å². The van der Waals surface area contributed by atoms with E-state index in [9.17, 15) is 14.0 Å². The molecule has 1 amide bonds. The number of aromatic amines is 1. The number of amides is 1. The highest BCUT2D eigenvalue weighted by Crippen LogP contribution is 2.29. The molecule has 1 aliphatic carbocycles. The first-order chi connectivity index (χ1) is 15.1. The Kier molecular flexibility index (Phi) is 5.61. The van der Waals surface area contributed by atoms with Gasteiger partial charge in [0.1, 0.15) is 11.6 Å². The maximum Gasteiger partial charge on any atom is 0.255 e. The molecule has 164 valence electrons. The van der Waals surface area contributed by atoms with E-state index in [2.05, 4.69) is 9.88 Å². The summed E-state index contributed by atoms with van der Waals surface area (Å²) in [4.78, 5) is 37.7. The molecule has 31 heavy (non-hydrogen) atoms. The average molecular weight is 425 g/mol. The zero-order valence-corrected chi connectivity index (χ0v) is 17.8. The number of hydrogen-bond donors (Lipinski definition) is 1. The van der Waals surface area contributed by atoms with Gasteiger partial charge < -0.3 is 9.88 Å². The van der Waals surface area contributed by atoms with Crippen molar-refractivity contribution >= 4 is 5.91 Å². The van der Waals surface area contributed by atoms with Crippen molar-refractivity contribution in [3.63, 3.8) is 0 Å². The van der Waals surface area contributed by atoms with Crippen LogP contribution in [0.5, 0.6) is 0 Å². The van der Waals surface area contributed by atoms with Gasteiger partial charge in [-0.05, 0) is 37.0 Å². The molecule has 1 atom stereocenters.